The molecular formula is C14H20FN. The molecule has 3 unspecified atom stereocenters. The molecule has 1 aromatic rings. The van der Waals surface area contributed by atoms with Gasteiger partial charge in [0.15, 0.2) is 0 Å². The van der Waals surface area contributed by atoms with Gasteiger partial charge in [-0.15, -0.1) is 0 Å². The lowest BCUT2D eigenvalue weighted by atomic mass is 9.91. The Bertz CT molecular complexity index is 338. The summed E-state index contributed by atoms with van der Waals surface area (Å²) in [5, 5.41) is 0. The van der Waals surface area contributed by atoms with Crippen molar-refractivity contribution in [2.45, 2.75) is 37.8 Å². The third-order valence-electron chi connectivity index (χ3n) is 3.69. The zero-order valence-corrected chi connectivity index (χ0v) is 9.83. The van der Waals surface area contributed by atoms with Gasteiger partial charge in [-0.05, 0) is 24.3 Å². The molecule has 0 spiro atoms. The molecule has 88 valence electrons. The summed E-state index contributed by atoms with van der Waals surface area (Å²) >= 11 is 0. The van der Waals surface area contributed by atoms with E-state index in [1.807, 2.05) is 25.1 Å². The molecule has 0 saturated heterocycles. The van der Waals surface area contributed by atoms with Gasteiger partial charge in [0.2, 0.25) is 0 Å². The van der Waals surface area contributed by atoms with Crippen LogP contribution in [0.4, 0.5) is 4.39 Å². The first-order valence-corrected chi connectivity index (χ1v) is 6.15. The molecule has 1 aromatic carbocycles. The summed E-state index contributed by atoms with van der Waals surface area (Å²) < 4.78 is 14.5. The van der Waals surface area contributed by atoms with Crippen LogP contribution in [-0.4, -0.2) is 12.2 Å². The molecule has 2 rings (SSSR count). The van der Waals surface area contributed by atoms with Crippen molar-refractivity contribution in [3.05, 3.63) is 35.9 Å². The first-order chi connectivity index (χ1) is 7.71. The maximum Gasteiger partial charge on any atom is 0.126 e. The van der Waals surface area contributed by atoms with Crippen molar-refractivity contribution >= 4 is 0 Å². The molecule has 0 heterocycles. The number of rotatable bonds is 5. The topological polar surface area (TPSA) is 26.0 Å². The van der Waals surface area contributed by atoms with Gasteiger partial charge in [0.05, 0.1) is 0 Å². The monoisotopic (exact) mass is 221 g/mol. The fourth-order valence-electron chi connectivity index (χ4n) is 2.69. The van der Waals surface area contributed by atoms with Crippen molar-refractivity contribution in [2.24, 2.45) is 11.7 Å². The van der Waals surface area contributed by atoms with E-state index < -0.39 is 5.67 Å². The Morgan fingerprint density at radius 1 is 1.38 bits per heavy atom. The van der Waals surface area contributed by atoms with Crippen LogP contribution in [0.3, 0.4) is 0 Å². The van der Waals surface area contributed by atoms with Gasteiger partial charge in [-0.3, -0.25) is 0 Å². The summed E-state index contributed by atoms with van der Waals surface area (Å²) in [7, 11) is 0. The Labute approximate surface area is 96.9 Å². The molecule has 0 aromatic heterocycles. The minimum atomic E-state index is -1.14. The highest BCUT2D eigenvalue weighted by molar-refractivity contribution is 5.27. The van der Waals surface area contributed by atoms with Crippen molar-refractivity contribution in [3.8, 4) is 0 Å². The molecule has 0 bridgehead atoms. The Hall–Kier alpha value is -0.890. The van der Waals surface area contributed by atoms with Crippen LogP contribution in [0.5, 0.6) is 0 Å². The van der Waals surface area contributed by atoms with E-state index in [1.165, 1.54) is 5.56 Å². The summed E-state index contributed by atoms with van der Waals surface area (Å²) in [6, 6.07) is 10.2. The lowest BCUT2D eigenvalue weighted by Crippen LogP contribution is -2.35. The van der Waals surface area contributed by atoms with Gasteiger partial charge in [0.1, 0.15) is 5.67 Å². The number of hydrogen-bond acceptors (Lipinski definition) is 1. The van der Waals surface area contributed by atoms with E-state index in [2.05, 4.69) is 12.1 Å². The highest BCUT2D eigenvalue weighted by Gasteiger charge is 2.52. The molecule has 0 amide bonds. The maximum absolute atomic E-state index is 14.5. The number of halogens is 1. The van der Waals surface area contributed by atoms with Gasteiger partial charge in [-0.2, -0.15) is 0 Å². The second-order valence-corrected chi connectivity index (χ2v) is 4.85. The predicted octanol–water partition coefficient (Wildman–Crippen LogP) is 3.26. The minimum absolute atomic E-state index is 0.139. The molecule has 1 fully saturated rings. The Kier molecular flexibility index (Phi) is 3.29. The molecule has 0 aliphatic heterocycles. The fraction of sp³-hybridized carbons (Fsp3) is 0.571. The highest BCUT2D eigenvalue weighted by atomic mass is 19.1. The predicted molar refractivity (Wildman–Crippen MR) is 65.1 cm³/mol. The van der Waals surface area contributed by atoms with Crippen molar-refractivity contribution < 1.29 is 4.39 Å². The zero-order chi connectivity index (χ0) is 11.6. The lowest BCUT2D eigenvalue weighted by Gasteiger charge is -2.23. The molecule has 2 N–H and O–H groups in total. The van der Waals surface area contributed by atoms with Crippen LogP contribution < -0.4 is 5.73 Å². The number of alkyl halides is 1. The molecule has 1 saturated carbocycles. The number of nitrogens with two attached hydrogens (primary N) is 1. The van der Waals surface area contributed by atoms with Gasteiger partial charge in [0, 0.05) is 12.5 Å². The summed E-state index contributed by atoms with van der Waals surface area (Å²) in [4.78, 5) is 0. The largest absolute Gasteiger partial charge is 0.328 e. The highest BCUT2D eigenvalue weighted by Crippen LogP contribution is 2.55. The maximum atomic E-state index is 14.5. The van der Waals surface area contributed by atoms with E-state index in [-0.39, 0.29) is 12.5 Å². The lowest BCUT2D eigenvalue weighted by molar-refractivity contribution is 0.126. The second-order valence-electron chi connectivity index (χ2n) is 4.85. The normalized spacial score (nSPS) is 27.4. The van der Waals surface area contributed by atoms with Crippen molar-refractivity contribution in [1.29, 1.82) is 0 Å². The van der Waals surface area contributed by atoms with Crippen LogP contribution in [0.25, 0.3) is 0 Å². The third kappa shape index (κ3) is 2.12. The zero-order valence-electron chi connectivity index (χ0n) is 9.83. The van der Waals surface area contributed by atoms with Gasteiger partial charge in [-0.1, -0.05) is 43.7 Å². The van der Waals surface area contributed by atoms with Crippen LogP contribution in [0.15, 0.2) is 30.3 Å². The molecule has 3 atom stereocenters. The SMILES string of the molecule is CCCC(F)(CN)C1CC1c1ccccc1. The smallest absolute Gasteiger partial charge is 0.126 e. The molecular weight excluding hydrogens is 201 g/mol. The van der Waals surface area contributed by atoms with E-state index in [4.69, 9.17) is 5.73 Å². The van der Waals surface area contributed by atoms with Crippen LogP contribution in [0.2, 0.25) is 0 Å². The average molecular weight is 221 g/mol. The van der Waals surface area contributed by atoms with E-state index >= 15 is 0 Å². The first-order valence-electron chi connectivity index (χ1n) is 6.15. The Morgan fingerprint density at radius 3 is 2.62 bits per heavy atom. The van der Waals surface area contributed by atoms with Gasteiger partial charge in [-0.25, -0.2) is 4.39 Å². The van der Waals surface area contributed by atoms with Gasteiger partial charge in [0.25, 0.3) is 0 Å². The van der Waals surface area contributed by atoms with Crippen LogP contribution >= 0.6 is 0 Å². The minimum Gasteiger partial charge on any atom is -0.328 e. The standard InChI is InChI=1S/C14H20FN/c1-2-8-14(15,10-16)13-9-12(13)11-6-4-3-5-7-11/h3-7,12-13H,2,8-10,16H2,1H3. The fourth-order valence-corrected chi connectivity index (χ4v) is 2.69. The quantitative estimate of drug-likeness (QED) is 0.811. The van der Waals surface area contributed by atoms with E-state index in [0.717, 1.165) is 12.8 Å². The van der Waals surface area contributed by atoms with Gasteiger partial charge >= 0.3 is 0 Å². The third-order valence-corrected chi connectivity index (χ3v) is 3.69. The van der Waals surface area contributed by atoms with Crippen LogP contribution in [-0.2, 0) is 0 Å². The second kappa shape index (κ2) is 4.54. The molecule has 1 nitrogen and oxygen atoms in total. The number of hydrogen-bond donors (Lipinski definition) is 1. The van der Waals surface area contributed by atoms with Crippen LogP contribution in [0, 0.1) is 5.92 Å². The molecule has 16 heavy (non-hydrogen) atoms. The first kappa shape index (κ1) is 11.6. The van der Waals surface area contributed by atoms with Crippen molar-refractivity contribution in [3.63, 3.8) is 0 Å². The number of benzene rings is 1. The Morgan fingerprint density at radius 2 is 2.06 bits per heavy atom. The summed E-state index contributed by atoms with van der Waals surface area (Å²) in [6.07, 6.45) is 2.42. The molecule has 2 heteroatoms. The summed E-state index contributed by atoms with van der Waals surface area (Å²) in [6.45, 7) is 2.18. The summed E-state index contributed by atoms with van der Waals surface area (Å²) in [5.41, 5.74) is 5.72. The molecule has 0 radical (unpaired) electrons. The van der Waals surface area contributed by atoms with Crippen molar-refractivity contribution in [2.75, 3.05) is 6.54 Å². The Balaban J connectivity index is 2.05. The van der Waals surface area contributed by atoms with Gasteiger partial charge < -0.3 is 5.73 Å². The molecule has 1 aliphatic carbocycles. The molecule has 1 aliphatic rings. The van der Waals surface area contributed by atoms with E-state index in [1.54, 1.807) is 0 Å². The van der Waals surface area contributed by atoms with E-state index in [0.29, 0.717) is 12.3 Å². The van der Waals surface area contributed by atoms with Crippen molar-refractivity contribution in [1.82, 2.24) is 0 Å². The van der Waals surface area contributed by atoms with E-state index in [9.17, 15) is 4.39 Å². The van der Waals surface area contributed by atoms with Crippen LogP contribution in [0.1, 0.15) is 37.7 Å². The average Bonchev–Trinajstić information content (AvgIpc) is 3.11. The summed E-state index contributed by atoms with van der Waals surface area (Å²) in [5.74, 6) is 0.529.